The lowest BCUT2D eigenvalue weighted by Crippen LogP contribution is -2.21. The normalized spacial score (nSPS) is 9.96. The maximum atomic E-state index is 12.2. The van der Waals surface area contributed by atoms with Crippen molar-refractivity contribution in [1.82, 2.24) is 0 Å². The van der Waals surface area contributed by atoms with Crippen LogP contribution in [0.15, 0.2) is 36.4 Å². The second kappa shape index (κ2) is 8.61. The number of carbonyl (C=O) groups is 2. The fraction of sp³-hybridized carbons (Fsp3) is 0.222. The first kappa shape index (κ1) is 18.9. The van der Waals surface area contributed by atoms with E-state index >= 15 is 0 Å². The molecule has 2 aromatic rings. The molecule has 0 aliphatic carbocycles. The van der Waals surface area contributed by atoms with Crippen molar-refractivity contribution in [3.63, 3.8) is 0 Å². The van der Waals surface area contributed by atoms with Crippen molar-refractivity contribution in [2.75, 3.05) is 33.3 Å². The first-order valence-electron chi connectivity index (χ1n) is 7.54. The van der Waals surface area contributed by atoms with E-state index in [2.05, 4.69) is 5.32 Å². The number of phenols is 1. The van der Waals surface area contributed by atoms with E-state index in [-0.39, 0.29) is 11.3 Å². The summed E-state index contributed by atoms with van der Waals surface area (Å²) in [5.41, 5.74) is 0.619. The lowest BCUT2D eigenvalue weighted by molar-refractivity contribution is -0.119. The van der Waals surface area contributed by atoms with E-state index in [1.807, 2.05) is 0 Å². The summed E-state index contributed by atoms with van der Waals surface area (Å²) < 4.78 is 20.5. The van der Waals surface area contributed by atoms with Crippen LogP contribution in [-0.2, 0) is 9.53 Å². The van der Waals surface area contributed by atoms with Crippen LogP contribution in [0.5, 0.6) is 23.0 Å². The molecule has 138 valence electrons. The minimum absolute atomic E-state index is 0.0804. The van der Waals surface area contributed by atoms with Gasteiger partial charge in [-0.2, -0.15) is 0 Å². The lowest BCUT2D eigenvalue weighted by Gasteiger charge is -2.13. The minimum atomic E-state index is -0.717. The van der Waals surface area contributed by atoms with Crippen molar-refractivity contribution in [2.45, 2.75) is 0 Å². The monoisotopic (exact) mass is 361 g/mol. The van der Waals surface area contributed by atoms with Crippen molar-refractivity contribution in [3.8, 4) is 23.0 Å². The number of esters is 1. The Labute approximate surface area is 150 Å². The quantitative estimate of drug-likeness (QED) is 0.576. The molecule has 8 nitrogen and oxygen atoms in total. The van der Waals surface area contributed by atoms with Crippen LogP contribution in [0.1, 0.15) is 10.4 Å². The Kier molecular flexibility index (Phi) is 6.26. The van der Waals surface area contributed by atoms with Gasteiger partial charge in [-0.05, 0) is 36.4 Å². The maximum absolute atomic E-state index is 12.2. The number of methoxy groups -OCH3 is 3. The standard InChI is InChI=1S/C18H19NO7/c1-23-14-8-11(9-15(24-2)17(14)25-3)18(22)26-10-16(21)19-12-4-6-13(20)7-5-12/h4-9,20H,10H2,1-3H3,(H,19,21). The third-order valence-electron chi connectivity index (χ3n) is 3.39. The number of carbonyl (C=O) groups excluding carboxylic acids is 2. The highest BCUT2D eigenvalue weighted by molar-refractivity contribution is 5.96. The molecule has 0 radical (unpaired) electrons. The zero-order chi connectivity index (χ0) is 19.1. The van der Waals surface area contributed by atoms with Crippen LogP contribution < -0.4 is 19.5 Å². The maximum Gasteiger partial charge on any atom is 0.338 e. The topological polar surface area (TPSA) is 103 Å². The molecule has 0 aromatic heterocycles. The third kappa shape index (κ3) is 4.56. The molecule has 0 heterocycles. The summed E-state index contributed by atoms with van der Waals surface area (Å²) in [5, 5.41) is 11.7. The third-order valence-corrected chi connectivity index (χ3v) is 3.39. The van der Waals surface area contributed by atoms with Crippen LogP contribution in [0, 0.1) is 0 Å². The molecule has 0 unspecified atom stereocenters. The number of phenolic OH excluding ortho intramolecular Hbond substituents is 1. The molecule has 0 spiro atoms. The fourth-order valence-corrected chi connectivity index (χ4v) is 2.16. The van der Waals surface area contributed by atoms with E-state index in [9.17, 15) is 14.7 Å². The number of anilines is 1. The van der Waals surface area contributed by atoms with Gasteiger partial charge in [0.05, 0.1) is 26.9 Å². The Morgan fingerprint density at radius 3 is 2.04 bits per heavy atom. The van der Waals surface area contributed by atoms with Gasteiger partial charge in [-0.3, -0.25) is 4.79 Å². The molecular weight excluding hydrogens is 342 g/mol. The van der Waals surface area contributed by atoms with E-state index in [0.29, 0.717) is 22.9 Å². The Hall–Kier alpha value is -3.42. The summed E-state index contributed by atoms with van der Waals surface area (Å²) in [6.45, 7) is -0.476. The Balaban J connectivity index is 2.03. The van der Waals surface area contributed by atoms with Gasteiger partial charge < -0.3 is 29.4 Å². The van der Waals surface area contributed by atoms with E-state index in [1.165, 1.54) is 57.7 Å². The molecule has 0 aliphatic heterocycles. The summed E-state index contributed by atoms with van der Waals surface area (Å²) in [4.78, 5) is 24.1. The molecule has 0 saturated heterocycles. The Morgan fingerprint density at radius 1 is 0.962 bits per heavy atom. The van der Waals surface area contributed by atoms with Gasteiger partial charge in [0, 0.05) is 5.69 Å². The number of rotatable bonds is 7. The van der Waals surface area contributed by atoms with Crippen LogP contribution >= 0.6 is 0 Å². The number of aromatic hydroxyl groups is 1. The average Bonchev–Trinajstić information content (AvgIpc) is 2.66. The van der Waals surface area contributed by atoms with Gasteiger partial charge in [-0.15, -0.1) is 0 Å². The minimum Gasteiger partial charge on any atom is -0.508 e. The molecule has 0 bridgehead atoms. The van der Waals surface area contributed by atoms with E-state index in [1.54, 1.807) is 0 Å². The van der Waals surface area contributed by atoms with Gasteiger partial charge >= 0.3 is 5.97 Å². The SMILES string of the molecule is COc1cc(C(=O)OCC(=O)Nc2ccc(O)cc2)cc(OC)c1OC. The zero-order valence-corrected chi connectivity index (χ0v) is 14.6. The molecule has 0 fully saturated rings. The predicted octanol–water partition coefficient (Wildman–Crippen LogP) is 2.21. The summed E-state index contributed by atoms with van der Waals surface area (Å²) in [7, 11) is 4.31. The van der Waals surface area contributed by atoms with Crippen LogP contribution in [0.25, 0.3) is 0 Å². The summed E-state index contributed by atoms with van der Waals surface area (Å²) >= 11 is 0. The van der Waals surface area contributed by atoms with Crippen LogP contribution in [0.3, 0.4) is 0 Å². The molecule has 26 heavy (non-hydrogen) atoms. The fourth-order valence-electron chi connectivity index (χ4n) is 2.16. The number of amides is 1. The van der Waals surface area contributed by atoms with Crippen LogP contribution in [0.2, 0.25) is 0 Å². The molecule has 8 heteroatoms. The van der Waals surface area contributed by atoms with E-state index in [0.717, 1.165) is 0 Å². The summed E-state index contributed by atoms with van der Waals surface area (Å²) in [5.74, 6) is -0.213. The van der Waals surface area contributed by atoms with Gasteiger partial charge in [0.25, 0.3) is 5.91 Å². The van der Waals surface area contributed by atoms with Crippen molar-refractivity contribution < 1.29 is 33.6 Å². The van der Waals surface area contributed by atoms with Crippen molar-refractivity contribution in [1.29, 1.82) is 0 Å². The molecule has 2 rings (SSSR count). The molecule has 1 amide bonds. The summed E-state index contributed by atoms with van der Waals surface area (Å²) in [6.07, 6.45) is 0. The largest absolute Gasteiger partial charge is 0.508 e. The average molecular weight is 361 g/mol. The first-order chi connectivity index (χ1) is 12.5. The van der Waals surface area contributed by atoms with Crippen molar-refractivity contribution in [3.05, 3.63) is 42.0 Å². The van der Waals surface area contributed by atoms with Gasteiger partial charge in [0.15, 0.2) is 18.1 Å². The van der Waals surface area contributed by atoms with Crippen LogP contribution in [-0.4, -0.2) is 44.9 Å². The first-order valence-corrected chi connectivity index (χ1v) is 7.54. The molecule has 0 atom stereocenters. The number of hydrogen-bond acceptors (Lipinski definition) is 7. The Morgan fingerprint density at radius 2 is 1.54 bits per heavy atom. The highest BCUT2D eigenvalue weighted by Gasteiger charge is 2.18. The smallest absolute Gasteiger partial charge is 0.338 e. The molecule has 0 aliphatic rings. The predicted molar refractivity (Wildman–Crippen MR) is 93.1 cm³/mol. The van der Waals surface area contributed by atoms with Gasteiger partial charge in [0.2, 0.25) is 5.75 Å². The molecule has 2 N–H and O–H groups in total. The van der Waals surface area contributed by atoms with E-state index in [4.69, 9.17) is 18.9 Å². The van der Waals surface area contributed by atoms with Crippen molar-refractivity contribution in [2.24, 2.45) is 0 Å². The highest BCUT2D eigenvalue weighted by atomic mass is 16.5. The van der Waals surface area contributed by atoms with Gasteiger partial charge in [-0.1, -0.05) is 0 Å². The zero-order valence-electron chi connectivity index (χ0n) is 14.6. The second-order valence-corrected chi connectivity index (χ2v) is 5.09. The number of ether oxygens (including phenoxy) is 4. The van der Waals surface area contributed by atoms with E-state index < -0.39 is 18.5 Å². The van der Waals surface area contributed by atoms with Crippen LogP contribution in [0.4, 0.5) is 5.69 Å². The molecule has 0 saturated carbocycles. The number of nitrogens with one attached hydrogen (secondary N) is 1. The highest BCUT2D eigenvalue weighted by Crippen LogP contribution is 2.38. The molecule has 2 aromatic carbocycles. The summed E-state index contributed by atoms with van der Waals surface area (Å²) in [6, 6.07) is 8.76. The number of benzene rings is 2. The van der Waals surface area contributed by atoms with Gasteiger partial charge in [0.1, 0.15) is 5.75 Å². The second-order valence-electron chi connectivity index (χ2n) is 5.09. The number of hydrogen-bond donors (Lipinski definition) is 2. The molecular formula is C18H19NO7. The lowest BCUT2D eigenvalue weighted by atomic mass is 10.2. The van der Waals surface area contributed by atoms with Gasteiger partial charge in [-0.25, -0.2) is 4.79 Å². The van der Waals surface area contributed by atoms with Crippen molar-refractivity contribution >= 4 is 17.6 Å². The Bertz CT molecular complexity index is 762.